The van der Waals surface area contributed by atoms with Crippen LogP contribution in [0.1, 0.15) is 37.1 Å². The zero-order chi connectivity index (χ0) is 16.9. The Balaban J connectivity index is 0.00000225. The molecule has 6 heteroatoms. The zero-order valence-corrected chi connectivity index (χ0v) is 15.3. The van der Waals surface area contributed by atoms with Crippen LogP contribution in [0.2, 0.25) is 0 Å². The van der Waals surface area contributed by atoms with E-state index in [4.69, 9.17) is 9.15 Å². The minimum atomic E-state index is -0.353. The maximum atomic E-state index is 12.8. The number of amides is 1. The highest BCUT2D eigenvalue weighted by Crippen LogP contribution is 2.31. The molecule has 1 aliphatic rings. The molecular weight excluding hydrogens is 340 g/mol. The van der Waals surface area contributed by atoms with Gasteiger partial charge in [0.2, 0.25) is 5.91 Å². The molecule has 25 heavy (non-hydrogen) atoms. The molecule has 0 bridgehead atoms. The fourth-order valence-electron chi connectivity index (χ4n) is 3.29. The molecule has 0 radical (unpaired) electrons. The number of carbonyl (C=O) groups is 1. The number of benzene rings is 1. The van der Waals surface area contributed by atoms with Crippen molar-refractivity contribution in [1.29, 1.82) is 0 Å². The van der Waals surface area contributed by atoms with Crippen molar-refractivity contribution < 1.29 is 13.9 Å². The van der Waals surface area contributed by atoms with E-state index in [0.29, 0.717) is 11.8 Å². The summed E-state index contributed by atoms with van der Waals surface area (Å²) in [5.74, 6) is 1.52. The molecule has 1 fully saturated rings. The number of methoxy groups -OCH3 is 1. The van der Waals surface area contributed by atoms with Crippen LogP contribution < -0.4 is 15.4 Å². The second kappa shape index (κ2) is 8.92. The van der Waals surface area contributed by atoms with Gasteiger partial charge in [-0.15, -0.1) is 12.4 Å². The van der Waals surface area contributed by atoms with E-state index >= 15 is 0 Å². The maximum Gasteiger partial charge on any atom is 0.224 e. The summed E-state index contributed by atoms with van der Waals surface area (Å²) >= 11 is 0. The molecule has 0 spiro atoms. The molecule has 1 aromatic heterocycles. The molecule has 5 nitrogen and oxygen atoms in total. The Morgan fingerprint density at radius 2 is 2.12 bits per heavy atom. The zero-order valence-electron chi connectivity index (χ0n) is 14.5. The van der Waals surface area contributed by atoms with Crippen molar-refractivity contribution >= 4 is 18.3 Å². The summed E-state index contributed by atoms with van der Waals surface area (Å²) in [6.45, 7) is 2.99. The van der Waals surface area contributed by atoms with Gasteiger partial charge in [0.25, 0.3) is 0 Å². The predicted molar refractivity (Wildman–Crippen MR) is 99.1 cm³/mol. The van der Waals surface area contributed by atoms with E-state index in [1.807, 2.05) is 36.4 Å². The highest BCUT2D eigenvalue weighted by Gasteiger charge is 2.29. The Morgan fingerprint density at radius 3 is 2.80 bits per heavy atom. The average Bonchev–Trinajstić information content (AvgIpc) is 3.14. The lowest BCUT2D eigenvalue weighted by atomic mass is 9.91. The van der Waals surface area contributed by atoms with Crippen LogP contribution in [0.5, 0.6) is 5.75 Å². The number of carbonyl (C=O) groups excluding carboxylic acids is 1. The highest BCUT2D eigenvalue weighted by atomic mass is 35.5. The van der Waals surface area contributed by atoms with E-state index in [-0.39, 0.29) is 30.3 Å². The van der Waals surface area contributed by atoms with Crippen molar-refractivity contribution in [3.63, 3.8) is 0 Å². The lowest BCUT2D eigenvalue weighted by molar-refractivity contribution is -0.126. The van der Waals surface area contributed by atoms with Crippen molar-refractivity contribution in [2.24, 2.45) is 5.92 Å². The minimum Gasteiger partial charge on any atom is -0.496 e. The third-order valence-electron chi connectivity index (χ3n) is 4.56. The van der Waals surface area contributed by atoms with Crippen molar-refractivity contribution in [3.8, 4) is 5.75 Å². The average molecular weight is 365 g/mol. The fraction of sp³-hybridized carbons (Fsp3) is 0.421. The van der Waals surface area contributed by atoms with Crippen LogP contribution in [0, 0.1) is 5.92 Å². The first-order valence-corrected chi connectivity index (χ1v) is 8.39. The second-order valence-corrected chi connectivity index (χ2v) is 6.28. The Morgan fingerprint density at radius 1 is 1.32 bits per heavy atom. The Hall–Kier alpha value is -1.98. The van der Waals surface area contributed by atoms with Crippen LogP contribution in [0.25, 0.3) is 0 Å². The molecule has 1 amide bonds. The number of furan rings is 1. The SMILES string of the molecule is COc1ccccc1C(NC(=O)[C@H]1CCN[C@@H](C)C1)c1ccco1.Cl. The van der Waals surface area contributed by atoms with Gasteiger partial charge < -0.3 is 19.8 Å². The van der Waals surface area contributed by atoms with Gasteiger partial charge in [0.05, 0.1) is 13.4 Å². The van der Waals surface area contributed by atoms with Crippen molar-refractivity contribution in [1.82, 2.24) is 10.6 Å². The third-order valence-corrected chi connectivity index (χ3v) is 4.56. The van der Waals surface area contributed by atoms with E-state index in [9.17, 15) is 4.79 Å². The molecule has 1 unspecified atom stereocenters. The van der Waals surface area contributed by atoms with Gasteiger partial charge in [-0.2, -0.15) is 0 Å². The number of nitrogens with one attached hydrogen (secondary N) is 2. The van der Waals surface area contributed by atoms with E-state index < -0.39 is 0 Å². The smallest absolute Gasteiger partial charge is 0.224 e. The lowest BCUT2D eigenvalue weighted by Crippen LogP contribution is -2.43. The number of ether oxygens (including phenoxy) is 1. The lowest BCUT2D eigenvalue weighted by Gasteiger charge is -2.29. The number of piperidine rings is 1. The van der Waals surface area contributed by atoms with Crippen molar-refractivity contribution in [2.45, 2.75) is 31.8 Å². The second-order valence-electron chi connectivity index (χ2n) is 6.28. The van der Waals surface area contributed by atoms with E-state index in [2.05, 4.69) is 17.6 Å². The predicted octanol–water partition coefficient (Wildman–Crippen LogP) is 3.30. The Bertz CT molecular complexity index is 675. The van der Waals surface area contributed by atoms with E-state index in [1.54, 1.807) is 13.4 Å². The molecule has 1 saturated heterocycles. The van der Waals surface area contributed by atoms with Gasteiger partial charge in [-0.25, -0.2) is 0 Å². The van der Waals surface area contributed by atoms with Crippen LogP contribution in [-0.2, 0) is 4.79 Å². The molecule has 136 valence electrons. The first kappa shape index (κ1) is 19.3. The highest BCUT2D eigenvalue weighted by molar-refractivity contribution is 5.85. The summed E-state index contributed by atoms with van der Waals surface area (Å²) < 4.78 is 11.0. The first-order valence-electron chi connectivity index (χ1n) is 8.39. The monoisotopic (exact) mass is 364 g/mol. The molecule has 0 saturated carbocycles. The maximum absolute atomic E-state index is 12.8. The van der Waals surface area contributed by atoms with Gasteiger partial charge >= 0.3 is 0 Å². The van der Waals surface area contributed by atoms with Crippen LogP contribution in [0.3, 0.4) is 0 Å². The van der Waals surface area contributed by atoms with Crippen LogP contribution in [0.4, 0.5) is 0 Å². The molecule has 2 N–H and O–H groups in total. The summed E-state index contributed by atoms with van der Waals surface area (Å²) in [5, 5.41) is 6.54. The van der Waals surface area contributed by atoms with Gasteiger partial charge in [0.15, 0.2) is 0 Å². The molecule has 3 atom stereocenters. The summed E-state index contributed by atoms with van der Waals surface area (Å²) in [7, 11) is 1.63. The van der Waals surface area contributed by atoms with E-state index in [0.717, 1.165) is 30.7 Å². The molecule has 1 aliphatic heterocycles. The number of halogens is 1. The van der Waals surface area contributed by atoms with Crippen LogP contribution in [0.15, 0.2) is 47.1 Å². The first-order chi connectivity index (χ1) is 11.7. The van der Waals surface area contributed by atoms with Gasteiger partial charge in [0, 0.05) is 17.5 Å². The summed E-state index contributed by atoms with van der Waals surface area (Å²) in [4.78, 5) is 12.8. The molecule has 2 aromatic rings. The number of para-hydroxylation sites is 1. The molecule has 3 rings (SSSR count). The Kier molecular flexibility index (Phi) is 6.91. The normalized spacial score (nSPS) is 21.0. The molecule has 0 aliphatic carbocycles. The van der Waals surface area contributed by atoms with Gasteiger partial charge in [-0.05, 0) is 44.5 Å². The fourth-order valence-corrected chi connectivity index (χ4v) is 3.29. The topological polar surface area (TPSA) is 63.5 Å². The van der Waals surface area contributed by atoms with Gasteiger partial charge in [-0.1, -0.05) is 18.2 Å². The van der Waals surface area contributed by atoms with Crippen LogP contribution >= 0.6 is 12.4 Å². The largest absolute Gasteiger partial charge is 0.496 e. The number of hydrogen-bond acceptors (Lipinski definition) is 4. The Labute approximate surface area is 154 Å². The van der Waals surface area contributed by atoms with Gasteiger partial charge in [0.1, 0.15) is 17.6 Å². The van der Waals surface area contributed by atoms with Gasteiger partial charge in [-0.3, -0.25) is 4.79 Å². The molecule has 1 aromatic carbocycles. The minimum absolute atomic E-state index is 0. The van der Waals surface area contributed by atoms with Crippen molar-refractivity contribution in [2.75, 3.05) is 13.7 Å². The molecule has 2 heterocycles. The summed E-state index contributed by atoms with van der Waals surface area (Å²) in [6.07, 6.45) is 3.33. The summed E-state index contributed by atoms with van der Waals surface area (Å²) in [5.41, 5.74) is 0.894. The van der Waals surface area contributed by atoms with E-state index in [1.165, 1.54) is 0 Å². The summed E-state index contributed by atoms with van der Waals surface area (Å²) in [6, 6.07) is 11.4. The number of hydrogen-bond donors (Lipinski definition) is 2. The third kappa shape index (κ3) is 4.55. The quantitative estimate of drug-likeness (QED) is 0.854. The molecular formula is C19H25ClN2O3. The van der Waals surface area contributed by atoms with Crippen molar-refractivity contribution in [3.05, 3.63) is 54.0 Å². The van der Waals surface area contributed by atoms with Crippen LogP contribution in [-0.4, -0.2) is 25.6 Å². The number of rotatable bonds is 5. The standard InChI is InChI=1S/C19H24N2O3.ClH/c1-13-12-14(9-10-20-13)19(22)21-18(17-8-5-11-24-17)15-6-3-4-7-16(15)23-2;/h3-8,11,13-14,18,20H,9-10,12H2,1-2H3,(H,21,22);1H/t13-,14-,18?;/m0./s1.